The topological polar surface area (TPSA) is 110 Å². The highest BCUT2D eigenvalue weighted by molar-refractivity contribution is 8.18. The van der Waals surface area contributed by atoms with Gasteiger partial charge in [0.15, 0.2) is 0 Å². The number of nitro benzene ring substituents is 1. The van der Waals surface area contributed by atoms with Crippen LogP contribution in [0.25, 0.3) is 6.08 Å². The number of non-ortho nitro benzene ring substituents is 1. The Bertz CT molecular complexity index is 1450. The second kappa shape index (κ2) is 10.9. The van der Waals surface area contributed by atoms with Crippen LogP contribution in [-0.2, 0) is 29.2 Å². The van der Waals surface area contributed by atoms with Crippen LogP contribution in [0.15, 0.2) is 77.7 Å². The van der Waals surface area contributed by atoms with Crippen LogP contribution in [0.5, 0.6) is 5.75 Å². The fourth-order valence-electron chi connectivity index (χ4n) is 4.32. The molecule has 192 valence electrons. The van der Waals surface area contributed by atoms with Crippen molar-refractivity contribution in [1.82, 2.24) is 9.80 Å². The van der Waals surface area contributed by atoms with Gasteiger partial charge in [-0.3, -0.25) is 29.4 Å². The maximum Gasteiger partial charge on any atom is 0.294 e. The molecule has 2 aliphatic heterocycles. The second-order valence-electron chi connectivity index (χ2n) is 8.89. The summed E-state index contributed by atoms with van der Waals surface area (Å²) in [7, 11) is 0. The van der Waals surface area contributed by atoms with E-state index in [9.17, 15) is 24.5 Å². The van der Waals surface area contributed by atoms with Crippen molar-refractivity contribution in [2.75, 3.05) is 13.1 Å². The lowest BCUT2D eigenvalue weighted by Crippen LogP contribution is -2.44. The number of hydrogen-bond donors (Lipinski definition) is 0. The van der Waals surface area contributed by atoms with Gasteiger partial charge in [0.1, 0.15) is 18.9 Å². The van der Waals surface area contributed by atoms with Gasteiger partial charge in [-0.1, -0.05) is 48.5 Å². The molecule has 5 rings (SSSR count). The molecule has 0 radical (unpaired) electrons. The molecular formula is C28H23N3O6S. The van der Waals surface area contributed by atoms with Gasteiger partial charge in [0.2, 0.25) is 5.91 Å². The molecule has 0 aromatic heterocycles. The Labute approximate surface area is 222 Å². The smallest absolute Gasteiger partial charge is 0.294 e. The van der Waals surface area contributed by atoms with Crippen molar-refractivity contribution in [3.05, 3.63) is 110 Å². The molecule has 3 aromatic rings. The molecule has 9 nitrogen and oxygen atoms in total. The van der Waals surface area contributed by atoms with Gasteiger partial charge in [0.25, 0.3) is 16.8 Å². The van der Waals surface area contributed by atoms with Crippen molar-refractivity contribution in [2.24, 2.45) is 0 Å². The van der Waals surface area contributed by atoms with Crippen LogP contribution in [0.3, 0.4) is 0 Å². The standard InChI is InChI=1S/C28H23N3O6S/c32-26(29-13-12-21-5-1-2-6-22(21)16-29)17-30-27(33)25(38-28(30)34)15-19-8-10-24(11-9-19)37-18-20-4-3-7-23(14-20)31(35)36/h1-11,14-15H,12-13,16-18H2/b25-15-. The van der Waals surface area contributed by atoms with Crippen LogP contribution in [0, 0.1) is 10.1 Å². The summed E-state index contributed by atoms with van der Waals surface area (Å²) in [5.41, 5.74) is 3.65. The van der Waals surface area contributed by atoms with E-state index in [0.29, 0.717) is 30.0 Å². The molecule has 2 aliphatic rings. The molecule has 1 fully saturated rings. The van der Waals surface area contributed by atoms with Crippen LogP contribution in [0.2, 0.25) is 0 Å². The Morgan fingerprint density at radius 1 is 1.03 bits per heavy atom. The Balaban J connectivity index is 1.19. The molecular weight excluding hydrogens is 506 g/mol. The first-order valence-corrected chi connectivity index (χ1v) is 12.7. The van der Waals surface area contributed by atoms with Gasteiger partial charge < -0.3 is 9.64 Å². The van der Waals surface area contributed by atoms with Crippen molar-refractivity contribution in [1.29, 1.82) is 0 Å². The number of benzene rings is 3. The summed E-state index contributed by atoms with van der Waals surface area (Å²) in [6, 6.07) is 21.1. The fourth-order valence-corrected chi connectivity index (χ4v) is 5.16. The van der Waals surface area contributed by atoms with E-state index in [1.807, 2.05) is 24.3 Å². The molecule has 0 N–H and O–H groups in total. The van der Waals surface area contributed by atoms with Crippen molar-refractivity contribution < 1.29 is 24.0 Å². The molecule has 0 aliphatic carbocycles. The number of thioether (sulfide) groups is 1. The van der Waals surface area contributed by atoms with Crippen molar-refractivity contribution in [2.45, 2.75) is 19.6 Å². The minimum atomic E-state index is -0.489. The van der Waals surface area contributed by atoms with Crippen molar-refractivity contribution in [3.8, 4) is 5.75 Å². The first-order chi connectivity index (χ1) is 18.4. The number of nitrogens with zero attached hydrogens (tertiary/aromatic N) is 3. The molecule has 2 heterocycles. The summed E-state index contributed by atoms with van der Waals surface area (Å²) >= 11 is 0.811. The molecule has 0 spiro atoms. The third-order valence-electron chi connectivity index (χ3n) is 6.36. The van der Waals surface area contributed by atoms with Gasteiger partial charge >= 0.3 is 0 Å². The molecule has 10 heteroatoms. The van der Waals surface area contributed by atoms with Gasteiger partial charge in [-0.05, 0) is 58.6 Å². The minimum absolute atomic E-state index is 0.00152. The van der Waals surface area contributed by atoms with Crippen LogP contribution in [-0.4, -0.2) is 44.9 Å². The number of ether oxygens (including phenoxy) is 1. The molecule has 0 bridgehead atoms. The van der Waals surface area contributed by atoms with Crippen molar-refractivity contribution >= 4 is 40.6 Å². The maximum absolute atomic E-state index is 12.9. The molecule has 38 heavy (non-hydrogen) atoms. The molecule has 3 aromatic carbocycles. The summed E-state index contributed by atoms with van der Waals surface area (Å²) in [4.78, 5) is 51.7. The summed E-state index contributed by atoms with van der Waals surface area (Å²) in [5, 5.41) is 10.5. The average Bonchev–Trinajstić information content (AvgIpc) is 3.19. The van der Waals surface area contributed by atoms with Gasteiger partial charge in [-0.25, -0.2) is 0 Å². The van der Waals surface area contributed by atoms with Gasteiger partial charge in [0.05, 0.1) is 9.83 Å². The second-order valence-corrected chi connectivity index (χ2v) is 9.88. The molecule has 0 atom stereocenters. The van der Waals surface area contributed by atoms with Crippen LogP contribution >= 0.6 is 11.8 Å². The molecule has 0 saturated carbocycles. The van der Waals surface area contributed by atoms with E-state index >= 15 is 0 Å². The van der Waals surface area contributed by atoms with E-state index in [-0.39, 0.29) is 29.7 Å². The highest BCUT2D eigenvalue weighted by atomic mass is 32.2. The van der Waals surface area contributed by atoms with Gasteiger partial charge in [-0.15, -0.1) is 0 Å². The zero-order chi connectivity index (χ0) is 26.6. The van der Waals surface area contributed by atoms with Gasteiger partial charge in [0, 0.05) is 25.2 Å². The lowest BCUT2D eigenvalue weighted by Gasteiger charge is -2.29. The number of rotatable bonds is 7. The Kier molecular flexibility index (Phi) is 7.23. The summed E-state index contributed by atoms with van der Waals surface area (Å²) < 4.78 is 5.71. The number of nitro groups is 1. The molecule has 3 amide bonds. The van der Waals surface area contributed by atoms with E-state index < -0.39 is 16.1 Å². The highest BCUT2D eigenvalue weighted by Crippen LogP contribution is 2.32. The zero-order valence-electron chi connectivity index (χ0n) is 20.2. The van der Waals surface area contributed by atoms with E-state index in [1.54, 1.807) is 47.4 Å². The van der Waals surface area contributed by atoms with Crippen LogP contribution in [0.1, 0.15) is 22.3 Å². The zero-order valence-corrected chi connectivity index (χ0v) is 21.1. The lowest BCUT2D eigenvalue weighted by atomic mass is 10.00. The monoisotopic (exact) mass is 529 g/mol. The predicted molar refractivity (Wildman–Crippen MR) is 142 cm³/mol. The molecule has 0 unspecified atom stereocenters. The average molecular weight is 530 g/mol. The molecule has 1 saturated heterocycles. The third kappa shape index (κ3) is 5.60. The van der Waals surface area contributed by atoms with Crippen molar-refractivity contribution in [3.63, 3.8) is 0 Å². The van der Waals surface area contributed by atoms with E-state index in [4.69, 9.17) is 4.74 Å². The van der Waals surface area contributed by atoms with E-state index in [2.05, 4.69) is 0 Å². The highest BCUT2D eigenvalue weighted by Gasteiger charge is 2.37. The Hall–Kier alpha value is -4.44. The number of amides is 3. The number of fused-ring (bicyclic) bond motifs is 1. The normalized spacial score (nSPS) is 16.1. The minimum Gasteiger partial charge on any atom is -0.489 e. The van der Waals surface area contributed by atoms with E-state index in [1.165, 1.54) is 17.7 Å². The number of hydrogen-bond acceptors (Lipinski definition) is 7. The van der Waals surface area contributed by atoms with Gasteiger partial charge in [-0.2, -0.15) is 0 Å². The van der Waals surface area contributed by atoms with Crippen LogP contribution in [0.4, 0.5) is 10.5 Å². The third-order valence-corrected chi connectivity index (χ3v) is 7.26. The van der Waals surface area contributed by atoms with E-state index in [0.717, 1.165) is 28.6 Å². The summed E-state index contributed by atoms with van der Waals surface area (Å²) in [5.74, 6) is -0.194. The number of imide groups is 1. The first kappa shape index (κ1) is 25.2. The largest absolute Gasteiger partial charge is 0.489 e. The summed E-state index contributed by atoms with van der Waals surface area (Å²) in [6.07, 6.45) is 2.35. The SMILES string of the molecule is O=C(CN1C(=O)S/C(=C\c2ccc(OCc3cccc([N+](=O)[O-])c3)cc2)C1=O)N1CCc2ccccc2C1. The predicted octanol–water partition coefficient (Wildman–Crippen LogP) is 4.80. The first-order valence-electron chi connectivity index (χ1n) is 11.9. The summed E-state index contributed by atoms with van der Waals surface area (Å²) in [6.45, 7) is 0.902. The fraction of sp³-hybridized carbons (Fsp3) is 0.179. The van der Waals surface area contributed by atoms with Crippen LogP contribution < -0.4 is 4.74 Å². The Morgan fingerprint density at radius 3 is 2.55 bits per heavy atom. The quantitative estimate of drug-likeness (QED) is 0.246. The lowest BCUT2D eigenvalue weighted by molar-refractivity contribution is -0.384. The number of carbonyl (C=O) groups is 3. The Morgan fingerprint density at radius 2 is 1.79 bits per heavy atom. The number of carbonyl (C=O) groups excluding carboxylic acids is 3. The maximum atomic E-state index is 12.9.